The number of anilines is 1. The monoisotopic (exact) mass is 1040 g/mol. The minimum Gasteiger partial charge on any atom is -0.507 e. The number of methoxy groups -OCH3 is 3. The van der Waals surface area contributed by atoms with E-state index in [0.717, 1.165) is 12.8 Å². The number of fused-ring (bicyclic) bond motifs is 1. The number of rotatable bonds is 22. The molecular weight excluding hydrogens is 979 g/mol. The van der Waals surface area contributed by atoms with Crippen LogP contribution in [0.3, 0.4) is 0 Å². The maximum Gasteiger partial charge on any atom is 0.224 e. The van der Waals surface area contributed by atoms with Crippen LogP contribution >= 0.6 is 15.9 Å². The topological polar surface area (TPSA) is 211 Å². The zero-order chi connectivity index (χ0) is 50.7. The molecule has 1 atom stereocenters. The molecule has 2 amide bonds. The number of carbonyl (C=O) groups excluding carboxylic acids is 3. The van der Waals surface area contributed by atoms with Gasteiger partial charge >= 0.3 is 0 Å². The molecule has 2 saturated heterocycles. The average molecular weight is 1050 g/mol. The van der Waals surface area contributed by atoms with Crippen molar-refractivity contribution in [2.45, 2.75) is 84.3 Å². The normalized spacial score (nSPS) is 16.8. The Hall–Kier alpha value is -5.01. The third kappa shape index (κ3) is 9.95. The third-order valence-corrected chi connectivity index (χ3v) is 16.0. The molecule has 1 unspecified atom stereocenters. The fourth-order valence-corrected chi connectivity index (χ4v) is 12.1. The molecule has 71 heavy (non-hydrogen) atoms. The van der Waals surface area contributed by atoms with Crippen LogP contribution in [-0.2, 0) is 53.0 Å². The van der Waals surface area contributed by atoms with Crippen LogP contribution in [0.2, 0.25) is 0 Å². The molecule has 2 heterocycles. The molecule has 17 heteroatoms. The number of phenolic OH excluding ortho intramolecular Hbond substituents is 1. The van der Waals surface area contributed by atoms with Crippen LogP contribution < -0.4 is 20.9 Å². The van der Waals surface area contributed by atoms with E-state index in [4.69, 9.17) is 23.7 Å². The Morgan fingerprint density at radius 2 is 1.32 bits per heavy atom. The number of nitrogens with one attached hydrogen (secondary N) is 1. The van der Waals surface area contributed by atoms with E-state index in [2.05, 4.69) is 21.2 Å². The first-order valence-electron chi connectivity index (χ1n) is 24.8. The van der Waals surface area contributed by atoms with Gasteiger partial charge in [-0.05, 0) is 119 Å². The number of aliphatic hydroxyl groups excluding tert-OH is 2. The molecule has 16 nitrogen and oxygen atoms in total. The van der Waals surface area contributed by atoms with E-state index >= 15 is 0 Å². The summed E-state index contributed by atoms with van der Waals surface area (Å²) in [4.78, 5) is 73.6. The fraction of sp³-hybridized carbons (Fsp3) is 0.537. The van der Waals surface area contributed by atoms with Crippen LogP contribution in [0.15, 0.2) is 25.7 Å². The van der Waals surface area contributed by atoms with E-state index in [0.29, 0.717) is 164 Å². The van der Waals surface area contributed by atoms with Crippen molar-refractivity contribution < 1.29 is 53.4 Å². The summed E-state index contributed by atoms with van der Waals surface area (Å²) in [5, 5.41) is 41.5. The van der Waals surface area contributed by atoms with Gasteiger partial charge in [0.2, 0.25) is 17.2 Å². The number of halogens is 1. The summed E-state index contributed by atoms with van der Waals surface area (Å²) in [6.07, 6.45) is 6.38. The molecule has 5 aromatic rings. The lowest BCUT2D eigenvalue weighted by Gasteiger charge is -2.33. The number of allylic oxidation sites excluding steroid dienone is 1. The van der Waals surface area contributed by atoms with Gasteiger partial charge in [0.1, 0.15) is 17.3 Å². The van der Waals surface area contributed by atoms with Crippen LogP contribution in [0, 0.1) is 11.8 Å². The molecule has 1 aliphatic carbocycles. The summed E-state index contributed by atoms with van der Waals surface area (Å²) in [6.45, 7) is 7.35. The quantitative estimate of drug-likeness (QED) is 0.0337. The van der Waals surface area contributed by atoms with Crippen LogP contribution in [-0.4, -0.2) is 136 Å². The highest BCUT2D eigenvalue weighted by Crippen LogP contribution is 2.56. The number of benzene rings is 5. The minimum atomic E-state index is -0.885. The predicted molar refractivity (Wildman–Crippen MR) is 276 cm³/mol. The molecule has 8 rings (SSSR count). The number of phenols is 1. The molecule has 4 N–H and O–H groups in total. The third-order valence-electron chi connectivity index (χ3n) is 15.1. The Labute approximate surface area is 421 Å². The lowest BCUT2D eigenvalue weighted by molar-refractivity contribution is -0.134. The SMILES string of the molecule is COCCOCCC(=O)N1CCC(CCc2c(O)c3c(=O)c(Br)c(CO)c4c5c(CO)cc(=O)c6c(NCC7CCN(C(=O)CCOCCOC)CC7)c(OC)c7c(c(c2C=C(C)C7C(C)=O)c34)c65)CC1. The highest BCUT2D eigenvalue weighted by atomic mass is 79.9. The number of Topliss-reactive ketones (excluding diaryl/α,β-unsaturated/α-hetero) is 1. The highest BCUT2D eigenvalue weighted by Gasteiger charge is 2.38. The Morgan fingerprint density at radius 3 is 1.87 bits per heavy atom. The molecule has 0 aromatic heterocycles. The summed E-state index contributed by atoms with van der Waals surface area (Å²) in [7, 11) is 4.71. The number of ketones is 1. The molecule has 382 valence electrons. The van der Waals surface area contributed by atoms with Crippen molar-refractivity contribution in [3.05, 3.63) is 64.4 Å². The van der Waals surface area contributed by atoms with E-state index < -0.39 is 30.0 Å². The molecule has 0 spiro atoms. The summed E-state index contributed by atoms with van der Waals surface area (Å²) in [5.41, 5.74) is 2.24. The minimum absolute atomic E-state index is 0.0260. The Balaban J connectivity index is 1.25. The number of carbonyl (C=O) groups is 3. The summed E-state index contributed by atoms with van der Waals surface area (Å²) >= 11 is 3.52. The molecular formula is C54H66BrN3O13. The maximum atomic E-state index is 14.8. The number of ether oxygens (including phenoxy) is 5. The van der Waals surface area contributed by atoms with Crippen LogP contribution in [0.25, 0.3) is 49.2 Å². The second kappa shape index (κ2) is 22.8. The number of amides is 2. The van der Waals surface area contributed by atoms with E-state index in [1.54, 1.807) is 14.2 Å². The van der Waals surface area contributed by atoms with Gasteiger partial charge < -0.3 is 54.1 Å². The van der Waals surface area contributed by atoms with Crippen LogP contribution in [0.5, 0.6) is 11.5 Å². The highest BCUT2D eigenvalue weighted by molar-refractivity contribution is 9.10. The number of likely N-dealkylation sites (tertiary alicyclic amines) is 2. The Kier molecular flexibility index (Phi) is 16.8. The zero-order valence-electron chi connectivity index (χ0n) is 41.4. The first-order valence-corrected chi connectivity index (χ1v) is 25.6. The van der Waals surface area contributed by atoms with Gasteiger partial charge in [-0.1, -0.05) is 11.6 Å². The standard InChI is InChI=1S/C54H66BrN3O13/c1-29-24-35-34(7-6-31-8-14-57(15-9-31)38(63)12-18-70-22-20-67-3)52(65)49-46-42(35)47-45-41(43(46)36(28-60)50(55)53(49)66)33(27-59)25-37(62)44(45)51(54(69-5)48(47)40(29)30(2)61)56-26-32-10-16-58(17-11-32)39(64)13-19-71-23-21-68-4/h24-25,31-32,40,56,59-60,65H,6-23,26-28H2,1-5H3. The van der Waals surface area contributed by atoms with Crippen molar-refractivity contribution in [3.8, 4) is 11.5 Å². The number of hydrogen-bond acceptors (Lipinski definition) is 14. The van der Waals surface area contributed by atoms with E-state index in [1.807, 2.05) is 22.8 Å². The van der Waals surface area contributed by atoms with E-state index in [9.17, 15) is 39.3 Å². The van der Waals surface area contributed by atoms with Gasteiger partial charge in [0.05, 0.1) is 99.7 Å². The average Bonchev–Trinajstić information content (AvgIpc) is 3.50. The molecule has 2 fully saturated rings. The second-order valence-corrected chi connectivity index (χ2v) is 20.0. The molecule has 0 bridgehead atoms. The first-order chi connectivity index (χ1) is 34.3. The fourth-order valence-electron chi connectivity index (χ4n) is 11.6. The van der Waals surface area contributed by atoms with Crippen molar-refractivity contribution >= 4 is 88.4 Å². The van der Waals surface area contributed by atoms with E-state index in [-0.39, 0.29) is 74.4 Å². The van der Waals surface area contributed by atoms with Crippen molar-refractivity contribution in [2.24, 2.45) is 11.8 Å². The molecule has 0 saturated carbocycles. The smallest absolute Gasteiger partial charge is 0.224 e. The lowest BCUT2D eigenvalue weighted by atomic mass is 9.78. The molecule has 5 aromatic carbocycles. The summed E-state index contributed by atoms with van der Waals surface area (Å²) < 4.78 is 27.5. The zero-order valence-corrected chi connectivity index (χ0v) is 43.0. The Morgan fingerprint density at radius 1 is 0.732 bits per heavy atom. The second-order valence-electron chi connectivity index (χ2n) is 19.2. The van der Waals surface area contributed by atoms with Gasteiger partial charge in [-0.2, -0.15) is 0 Å². The number of aromatic hydroxyl groups is 1. The van der Waals surface area contributed by atoms with Crippen molar-refractivity contribution in [3.63, 3.8) is 0 Å². The molecule has 2 aliphatic heterocycles. The largest absolute Gasteiger partial charge is 0.507 e. The van der Waals surface area contributed by atoms with Gasteiger partial charge in [0.15, 0.2) is 5.43 Å². The van der Waals surface area contributed by atoms with Gasteiger partial charge in [-0.15, -0.1) is 0 Å². The van der Waals surface area contributed by atoms with Gasteiger partial charge in [0.25, 0.3) is 0 Å². The van der Waals surface area contributed by atoms with Crippen molar-refractivity contribution in [1.29, 1.82) is 0 Å². The first kappa shape index (κ1) is 52.3. The van der Waals surface area contributed by atoms with E-state index in [1.165, 1.54) is 20.1 Å². The lowest BCUT2D eigenvalue weighted by Crippen LogP contribution is -2.40. The molecule has 3 aliphatic rings. The Bertz CT molecular complexity index is 2960. The predicted octanol–water partition coefficient (Wildman–Crippen LogP) is 6.37. The number of hydrogen-bond donors (Lipinski definition) is 4. The number of aliphatic hydroxyl groups is 2. The summed E-state index contributed by atoms with van der Waals surface area (Å²) in [5.74, 6) is -0.617. The van der Waals surface area contributed by atoms with Gasteiger partial charge in [0, 0.05) is 74.4 Å². The van der Waals surface area contributed by atoms with Gasteiger partial charge in [-0.25, -0.2) is 0 Å². The maximum absolute atomic E-state index is 14.8. The van der Waals surface area contributed by atoms with Crippen molar-refractivity contribution in [2.75, 3.05) is 99.0 Å². The van der Waals surface area contributed by atoms with Crippen LogP contribution in [0.4, 0.5) is 5.69 Å². The number of nitrogens with zero attached hydrogens (tertiary/aromatic N) is 2. The number of piperidine rings is 2. The van der Waals surface area contributed by atoms with Gasteiger partial charge in [-0.3, -0.25) is 24.0 Å². The van der Waals surface area contributed by atoms with Crippen LogP contribution in [0.1, 0.15) is 92.5 Å². The summed E-state index contributed by atoms with van der Waals surface area (Å²) in [6, 6.07) is 1.38. The molecule has 0 radical (unpaired) electrons. The van der Waals surface area contributed by atoms with Crippen molar-refractivity contribution in [1.82, 2.24) is 9.80 Å².